The van der Waals surface area contributed by atoms with E-state index in [4.69, 9.17) is 14.5 Å². The fourth-order valence-corrected chi connectivity index (χ4v) is 7.53. The number of thiol groups is 1. The van der Waals surface area contributed by atoms with Crippen molar-refractivity contribution in [1.82, 2.24) is 19.9 Å². The summed E-state index contributed by atoms with van der Waals surface area (Å²) in [6.45, 7) is 0. The number of imidazole rings is 2. The molecule has 0 saturated carbocycles. The van der Waals surface area contributed by atoms with E-state index in [0.717, 1.165) is 33.1 Å². The predicted molar refractivity (Wildman–Crippen MR) is 219 cm³/mol. The van der Waals surface area contributed by atoms with E-state index in [1.54, 1.807) is 30.3 Å². The minimum Gasteiger partial charge on any atom is -0.497 e. The van der Waals surface area contributed by atoms with Gasteiger partial charge in [-0.1, -0.05) is 60.3 Å². The van der Waals surface area contributed by atoms with Crippen LogP contribution in [-0.4, -0.2) is 45.5 Å². The van der Waals surface area contributed by atoms with Gasteiger partial charge in [-0.15, -0.1) is 12.6 Å². The van der Waals surface area contributed by atoms with Crippen LogP contribution in [0.2, 0.25) is 0 Å². The molecule has 2 amide bonds. The number of urea groups is 1. The summed E-state index contributed by atoms with van der Waals surface area (Å²) in [6.07, 6.45) is -1.11. The van der Waals surface area contributed by atoms with Crippen LogP contribution in [-0.2, 0) is 10.5 Å². The van der Waals surface area contributed by atoms with Gasteiger partial charge in [-0.2, -0.15) is 5.01 Å². The van der Waals surface area contributed by atoms with Crippen LogP contribution in [0, 0.1) is 5.82 Å². The molecule has 11 nitrogen and oxygen atoms in total. The number of ether oxygens (including phenoxy) is 2. The molecule has 4 N–H and O–H groups in total. The highest BCUT2D eigenvalue weighted by Crippen LogP contribution is 2.38. The molecule has 1 saturated heterocycles. The largest absolute Gasteiger partial charge is 0.497 e. The third-order valence-corrected chi connectivity index (χ3v) is 10.3. The second kappa shape index (κ2) is 14.5. The molecular formula is C41H33FN8O3S2. The zero-order chi connectivity index (χ0) is 37.5. The van der Waals surface area contributed by atoms with Crippen molar-refractivity contribution in [2.75, 3.05) is 27.8 Å². The zero-order valence-electron chi connectivity index (χ0n) is 29.2. The Hall–Kier alpha value is -6.22. The molecule has 14 heteroatoms. The second-order valence-corrected chi connectivity index (χ2v) is 14.3. The number of H-pyrrole nitrogens is 2. The number of nitrogens with zero attached hydrogens (tertiary/aromatic N) is 4. The van der Waals surface area contributed by atoms with Gasteiger partial charge in [0.25, 0.3) is 0 Å². The quantitative estimate of drug-likeness (QED) is 0.0381. The normalized spacial score (nSPS) is 15.0. The van der Waals surface area contributed by atoms with Crippen molar-refractivity contribution in [3.63, 3.8) is 0 Å². The molecule has 3 heterocycles. The van der Waals surface area contributed by atoms with E-state index in [-0.39, 0.29) is 5.82 Å². The lowest BCUT2D eigenvalue weighted by molar-refractivity contribution is 0.254. The second-order valence-electron chi connectivity index (χ2n) is 12.9. The molecule has 1 fully saturated rings. The Labute approximate surface area is 324 Å². The van der Waals surface area contributed by atoms with Gasteiger partial charge < -0.3 is 30.1 Å². The van der Waals surface area contributed by atoms with Crippen LogP contribution in [0.5, 0.6) is 5.75 Å². The van der Waals surface area contributed by atoms with Crippen molar-refractivity contribution < 1.29 is 18.7 Å². The lowest BCUT2D eigenvalue weighted by Gasteiger charge is -2.35. The first-order valence-electron chi connectivity index (χ1n) is 17.4. The van der Waals surface area contributed by atoms with Gasteiger partial charge in [-0.25, -0.2) is 24.2 Å². The minimum absolute atomic E-state index is 0.271. The van der Waals surface area contributed by atoms with E-state index >= 15 is 0 Å². The highest BCUT2D eigenvalue weighted by atomic mass is 32.2. The summed E-state index contributed by atoms with van der Waals surface area (Å²) < 4.78 is 25.3. The summed E-state index contributed by atoms with van der Waals surface area (Å²) in [7, 11) is 1.62. The molecule has 0 bridgehead atoms. The van der Waals surface area contributed by atoms with Gasteiger partial charge in [0.05, 0.1) is 40.6 Å². The van der Waals surface area contributed by atoms with Gasteiger partial charge >= 0.3 is 6.03 Å². The molecule has 0 aliphatic carbocycles. The molecule has 2 aromatic heterocycles. The molecule has 2 unspecified atom stereocenters. The number of nitrogens with one attached hydrogen (secondary N) is 4. The van der Waals surface area contributed by atoms with Gasteiger partial charge in [-0.05, 0) is 89.1 Å². The average Bonchev–Trinajstić information content (AvgIpc) is 3.64. The van der Waals surface area contributed by atoms with E-state index < -0.39 is 18.5 Å². The van der Waals surface area contributed by atoms with Gasteiger partial charge in [-0.3, -0.25) is 0 Å². The number of amides is 2. The van der Waals surface area contributed by atoms with Crippen molar-refractivity contribution >= 4 is 86.0 Å². The molecule has 1 aliphatic rings. The highest BCUT2D eigenvalue weighted by molar-refractivity contribution is 7.98. The monoisotopic (exact) mass is 768 g/mol. The Bertz CT molecular complexity index is 2690. The van der Waals surface area contributed by atoms with Crippen molar-refractivity contribution in [2.45, 2.75) is 28.5 Å². The lowest BCUT2D eigenvalue weighted by Crippen LogP contribution is -2.51. The first-order chi connectivity index (χ1) is 26.9. The lowest BCUT2D eigenvalue weighted by atomic mass is 10.1. The number of anilines is 4. The fraction of sp³-hybridized carbons (Fsp3) is 0.0976. The molecule has 274 valence electrons. The molecule has 0 radical (unpaired) electrons. The smallest absolute Gasteiger partial charge is 0.345 e. The van der Waals surface area contributed by atoms with Crippen molar-refractivity contribution in [1.29, 1.82) is 0 Å². The maximum atomic E-state index is 14.8. The number of epoxide rings is 1. The van der Waals surface area contributed by atoms with E-state index in [0.29, 0.717) is 49.9 Å². The Morgan fingerprint density at radius 1 is 0.836 bits per heavy atom. The number of aromatic amines is 2. The van der Waals surface area contributed by atoms with Crippen LogP contribution in [0.3, 0.4) is 0 Å². The number of methoxy groups -OCH3 is 1. The highest BCUT2D eigenvalue weighted by Gasteiger charge is 2.48. The maximum absolute atomic E-state index is 14.8. The topological polar surface area (TPSA) is 127 Å². The number of fused-ring (bicyclic) bond motifs is 3. The van der Waals surface area contributed by atoms with E-state index in [2.05, 4.69) is 38.2 Å². The molecule has 2 atom stereocenters. The molecular weight excluding hydrogens is 736 g/mol. The summed E-state index contributed by atoms with van der Waals surface area (Å²) in [5.74, 6) is 1.04. The van der Waals surface area contributed by atoms with Crippen LogP contribution in [0.25, 0.3) is 32.8 Å². The number of carbonyl (C=O) groups excluding carboxylic acids is 1. The Kier molecular flexibility index (Phi) is 9.14. The molecule has 8 aromatic rings. The number of halogens is 1. The van der Waals surface area contributed by atoms with Crippen LogP contribution in [0.1, 0.15) is 5.56 Å². The summed E-state index contributed by atoms with van der Waals surface area (Å²) >= 11 is 5.87. The van der Waals surface area contributed by atoms with Crippen LogP contribution < -0.4 is 25.4 Å². The number of rotatable bonds is 11. The summed E-state index contributed by atoms with van der Waals surface area (Å²) in [4.78, 5) is 30.6. The first kappa shape index (κ1) is 34.5. The van der Waals surface area contributed by atoms with Gasteiger partial charge in [0.1, 0.15) is 11.6 Å². The number of hydrogen-bond acceptors (Lipinski definition) is 9. The zero-order valence-corrected chi connectivity index (χ0v) is 30.9. The summed E-state index contributed by atoms with van der Waals surface area (Å²) in [5.41, 5.74) is 6.61. The van der Waals surface area contributed by atoms with Gasteiger partial charge in [0.15, 0.2) is 22.8 Å². The molecule has 1 aliphatic heterocycles. The van der Waals surface area contributed by atoms with Gasteiger partial charge in [0, 0.05) is 23.2 Å². The fourth-order valence-electron chi connectivity index (χ4n) is 6.46. The molecule has 0 spiro atoms. The van der Waals surface area contributed by atoms with E-state index in [1.165, 1.54) is 23.9 Å². The average molecular weight is 769 g/mol. The SMILES string of the molecule is COc1cccc(NC2OC2N(c2ccc3[nH]c(SCc4ccc(F)cc4)nc3c2)N(C(=O)Nc2ccc3[nH]c(S)nc3c2)c2ccc3ccccc3c2)c1. The number of thioether (sulfide) groups is 1. The van der Waals surface area contributed by atoms with Crippen molar-refractivity contribution in [2.24, 2.45) is 0 Å². The minimum atomic E-state index is -0.618. The Morgan fingerprint density at radius 3 is 2.47 bits per heavy atom. The molecule has 9 rings (SSSR count). The maximum Gasteiger partial charge on any atom is 0.345 e. The Balaban J connectivity index is 1.11. The van der Waals surface area contributed by atoms with Crippen molar-refractivity contribution in [3.05, 3.63) is 139 Å². The number of carbonyl (C=O) groups is 1. The Morgan fingerprint density at radius 2 is 1.62 bits per heavy atom. The molecule has 55 heavy (non-hydrogen) atoms. The summed E-state index contributed by atoms with van der Waals surface area (Å²) in [5, 5.41) is 13.2. The number of benzene rings is 6. The molecule has 6 aromatic carbocycles. The first-order valence-corrected chi connectivity index (χ1v) is 18.8. The third-order valence-electron chi connectivity index (χ3n) is 9.19. The summed E-state index contributed by atoms with van der Waals surface area (Å²) in [6, 6.07) is 38.8. The van der Waals surface area contributed by atoms with E-state index in [1.807, 2.05) is 102 Å². The number of aromatic nitrogens is 4. The van der Waals surface area contributed by atoms with Crippen LogP contribution in [0.15, 0.2) is 138 Å². The van der Waals surface area contributed by atoms with Crippen molar-refractivity contribution in [3.8, 4) is 5.75 Å². The van der Waals surface area contributed by atoms with E-state index in [9.17, 15) is 9.18 Å². The standard InChI is InChI=1S/C41H33FN8O3S2/c1-52-32-8-4-7-28(20-32)43-37-38(53-37)49(31-16-18-34-36(22-31)48-40(47-34)55-23-24-9-12-27(42)13-10-24)50(30-15-11-25-5-2-3-6-26(25)19-30)41(51)44-29-14-17-33-35(21-29)46-39(54)45-33/h2-22,37-38,43H,23H2,1H3,(H,44,51)(H,47,48)(H2,45,46,54). The number of hydrogen-bond donors (Lipinski definition) is 5. The van der Waals surface area contributed by atoms with Crippen LogP contribution >= 0.6 is 24.4 Å². The van der Waals surface area contributed by atoms with Gasteiger partial charge in [0.2, 0.25) is 0 Å². The predicted octanol–water partition coefficient (Wildman–Crippen LogP) is 9.58. The third kappa shape index (κ3) is 7.34. The van der Waals surface area contributed by atoms with Crippen LogP contribution in [0.4, 0.5) is 31.9 Å². The number of hydrazine groups is 1.